The molecule has 0 unspecified atom stereocenters. The Bertz CT molecular complexity index is 1060. The van der Waals surface area contributed by atoms with Gasteiger partial charge in [-0.1, -0.05) is 35.7 Å². The molecule has 0 bridgehead atoms. The number of rotatable bonds is 2. The van der Waals surface area contributed by atoms with E-state index < -0.39 is 17.7 Å². The third kappa shape index (κ3) is 3.67. The van der Waals surface area contributed by atoms with E-state index in [1.54, 1.807) is 12.1 Å². The normalized spacial score (nSPS) is 12.7. The maximum atomic E-state index is 13.0. The molecule has 0 saturated carbocycles. The van der Waals surface area contributed by atoms with E-state index in [0.717, 1.165) is 42.8 Å². The number of hydrogen-bond donors (Lipinski definition) is 0. The van der Waals surface area contributed by atoms with Gasteiger partial charge in [0.2, 0.25) is 0 Å². The molecule has 1 aliphatic heterocycles. The lowest BCUT2D eigenvalue weighted by molar-refractivity contribution is -0.138. The zero-order valence-electron chi connectivity index (χ0n) is 13.9. The number of alkyl halides is 3. The van der Waals surface area contributed by atoms with Crippen molar-refractivity contribution in [3.63, 3.8) is 0 Å². The van der Waals surface area contributed by atoms with Crippen LogP contribution >= 0.6 is 23.5 Å². The fraction of sp³-hybridized carbons (Fsp3) is 0.118. The summed E-state index contributed by atoms with van der Waals surface area (Å²) in [6.45, 7) is 0. The number of ether oxygens (including phenoxy) is 1. The summed E-state index contributed by atoms with van der Waals surface area (Å²) in [5, 5.41) is 18.7. The minimum absolute atomic E-state index is 0.0190. The van der Waals surface area contributed by atoms with Crippen molar-refractivity contribution in [1.82, 2.24) is 9.97 Å². The molecule has 0 fully saturated rings. The highest BCUT2D eigenvalue weighted by molar-refractivity contribution is 8.24. The van der Waals surface area contributed by atoms with Gasteiger partial charge in [0.1, 0.15) is 22.2 Å². The van der Waals surface area contributed by atoms with Gasteiger partial charge < -0.3 is 4.74 Å². The number of thioether (sulfide) groups is 2. The van der Waals surface area contributed by atoms with Crippen LogP contribution in [0.4, 0.5) is 13.2 Å². The molecule has 0 amide bonds. The van der Waals surface area contributed by atoms with E-state index in [9.17, 15) is 18.0 Å². The van der Waals surface area contributed by atoms with E-state index in [4.69, 9.17) is 15.3 Å². The van der Waals surface area contributed by atoms with Gasteiger partial charge in [-0.05, 0) is 17.7 Å². The number of nitriles is 2. The molecule has 1 aliphatic rings. The lowest BCUT2D eigenvalue weighted by atomic mass is 10.0. The van der Waals surface area contributed by atoms with Gasteiger partial charge in [0, 0.05) is 0 Å². The number of hydrogen-bond acceptors (Lipinski definition) is 8. The molecule has 0 atom stereocenters. The Hall–Kier alpha value is -3.02. The summed E-state index contributed by atoms with van der Waals surface area (Å²) in [6, 6.07) is 7.82. The van der Waals surface area contributed by atoms with Crippen molar-refractivity contribution in [1.29, 1.82) is 10.5 Å². The third-order valence-corrected chi connectivity index (χ3v) is 5.86. The molecule has 0 radical (unpaired) electrons. The van der Waals surface area contributed by atoms with Crippen LogP contribution in [0.3, 0.4) is 0 Å². The Morgan fingerprint density at radius 1 is 1.11 bits per heavy atom. The summed E-state index contributed by atoms with van der Waals surface area (Å²) in [4.78, 5) is 20.4. The third-order valence-electron chi connectivity index (χ3n) is 3.50. The van der Waals surface area contributed by atoms with Gasteiger partial charge in [-0.2, -0.15) is 23.7 Å². The predicted octanol–water partition coefficient (Wildman–Crippen LogP) is 3.98. The lowest BCUT2D eigenvalue weighted by Crippen LogP contribution is -2.08. The van der Waals surface area contributed by atoms with Gasteiger partial charge >= 0.3 is 12.1 Å². The van der Waals surface area contributed by atoms with Crippen LogP contribution in [0, 0.1) is 22.7 Å². The number of carbonyl (C=O) groups is 1. The summed E-state index contributed by atoms with van der Waals surface area (Å²) < 4.78 is 44.2. The number of esters is 1. The average Bonchev–Trinajstić information content (AvgIpc) is 3.08. The maximum Gasteiger partial charge on any atom is 0.416 e. The molecule has 1 aromatic heterocycles. The molecule has 2 aromatic rings. The van der Waals surface area contributed by atoms with Gasteiger partial charge in [-0.3, -0.25) is 0 Å². The first-order valence-electron chi connectivity index (χ1n) is 7.36. The SMILES string of the molecule is COC(=O)C(=C1Sc2nc(C#N)c(C#N)nc2S1)c1cccc(C(F)(F)F)c1. The first-order chi connectivity index (χ1) is 13.3. The van der Waals surface area contributed by atoms with Crippen molar-refractivity contribution in [3.05, 3.63) is 51.0 Å². The van der Waals surface area contributed by atoms with Gasteiger partial charge in [0.15, 0.2) is 11.4 Å². The molecule has 28 heavy (non-hydrogen) atoms. The highest BCUT2D eigenvalue weighted by atomic mass is 32.2. The Morgan fingerprint density at radius 3 is 2.14 bits per heavy atom. The summed E-state index contributed by atoms with van der Waals surface area (Å²) in [5.74, 6) is -0.830. The van der Waals surface area contributed by atoms with Gasteiger partial charge in [-0.25, -0.2) is 14.8 Å². The van der Waals surface area contributed by atoms with Crippen molar-refractivity contribution in [2.24, 2.45) is 0 Å². The monoisotopic (exact) mass is 420 g/mol. The summed E-state index contributed by atoms with van der Waals surface area (Å²) in [5.41, 5.74) is -1.32. The topological polar surface area (TPSA) is 99.7 Å². The van der Waals surface area contributed by atoms with Crippen molar-refractivity contribution in [2.45, 2.75) is 16.2 Å². The smallest absolute Gasteiger partial charge is 0.416 e. The molecule has 0 N–H and O–H groups in total. The van der Waals surface area contributed by atoms with Gasteiger partial charge in [0.25, 0.3) is 0 Å². The quantitative estimate of drug-likeness (QED) is 0.531. The molecule has 2 heterocycles. The molecular weight excluding hydrogens is 413 g/mol. The van der Waals surface area contributed by atoms with E-state index in [1.807, 2.05) is 0 Å². The van der Waals surface area contributed by atoms with Crippen LogP contribution in [-0.2, 0) is 15.7 Å². The lowest BCUT2D eigenvalue weighted by Gasteiger charge is -2.11. The van der Waals surface area contributed by atoms with Crippen LogP contribution in [0.15, 0.2) is 38.6 Å². The molecule has 0 spiro atoms. The molecular formula is C17H7F3N4O2S2. The number of carbonyl (C=O) groups excluding carboxylic acids is 1. The molecule has 11 heteroatoms. The number of fused-ring (bicyclic) bond motifs is 1. The second-order valence-electron chi connectivity index (χ2n) is 5.19. The van der Waals surface area contributed by atoms with Crippen LogP contribution < -0.4 is 0 Å². The van der Waals surface area contributed by atoms with Crippen LogP contribution in [0.1, 0.15) is 22.5 Å². The van der Waals surface area contributed by atoms with Crippen LogP contribution in [-0.4, -0.2) is 23.0 Å². The second kappa shape index (κ2) is 7.54. The number of methoxy groups -OCH3 is 1. The molecule has 140 valence electrons. The fourth-order valence-corrected chi connectivity index (χ4v) is 4.65. The Balaban J connectivity index is 2.14. The number of aromatic nitrogens is 2. The number of nitrogens with zero attached hydrogens (tertiary/aromatic N) is 4. The van der Waals surface area contributed by atoms with Crippen LogP contribution in [0.2, 0.25) is 0 Å². The zero-order chi connectivity index (χ0) is 20.5. The molecule has 0 aliphatic carbocycles. The first-order valence-corrected chi connectivity index (χ1v) is 9.00. The summed E-state index contributed by atoms with van der Waals surface area (Å²) >= 11 is 1.94. The second-order valence-corrected chi connectivity index (χ2v) is 7.45. The average molecular weight is 420 g/mol. The van der Waals surface area contributed by atoms with E-state index in [1.165, 1.54) is 12.1 Å². The van der Waals surface area contributed by atoms with E-state index in [0.29, 0.717) is 4.24 Å². The predicted molar refractivity (Wildman–Crippen MR) is 93.6 cm³/mol. The van der Waals surface area contributed by atoms with Crippen molar-refractivity contribution < 1.29 is 22.7 Å². The Kier molecular flexibility index (Phi) is 5.31. The zero-order valence-corrected chi connectivity index (χ0v) is 15.5. The highest BCUT2D eigenvalue weighted by Crippen LogP contribution is 2.52. The highest BCUT2D eigenvalue weighted by Gasteiger charge is 2.33. The van der Waals surface area contributed by atoms with Gasteiger partial charge in [-0.15, -0.1) is 0 Å². The van der Waals surface area contributed by atoms with Crippen LogP contribution in [0.25, 0.3) is 5.57 Å². The largest absolute Gasteiger partial charge is 0.465 e. The fourth-order valence-electron chi connectivity index (χ4n) is 2.26. The minimum atomic E-state index is -4.58. The molecule has 0 saturated heterocycles. The number of halogens is 3. The minimum Gasteiger partial charge on any atom is -0.465 e. The Labute approximate surface area is 165 Å². The molecule has 3 rings (SSSR count). The molecule has 6 nitrogen and oxygen atoms in total. The van der Waals surface area contributed by atoms with Crippen molar-refractivity contribution >= 4 is 35.1 Å². The van der Waals surface area contributed by atoms with Crippen molar-refractivity contribution in [2.75, 3.05) is 7.11 Å². The standard InChI is InChI=1S/C17H7F3N4O2S2/c1-26-15(25)12(8-3-2-4-9(5-8)17(18,19)20)16-27-13-14(28-16)24-11(7-22)10(6-21)23-13/h2-5H,1H3. The van der Waals surface area contributed by atoms with Crippen LogP contribution in [0.5, 0.6) is 0 Å². The van der Waals surface area contributed by atoms with E-state index >= 15 is 0 Å². The summed E-state index contributed by atoms with van der Waals surface area (Å²) in [6.07, 6.45) is -4.58. The maximum absolute atomic E-state index is 13.0. The summed E-state index contributed by atoms with van der Waals surface area (Å²) in [7, 11) is 1.12. The first kappa shape index (κ1) is 19.7. The van der Waals surface area contributed by atoms with E-state index in [-0.39, 0.29) is 32.6 Å². The van der Waals surface area contributed by atoms with Crippen molar-refractivity contribution in [3.8, 4) is 12.1 Å². The van der Waals surface area contributed by atoms with E-state index in [2.05, 4.69) is 9.97 Å². The Morgan fingerprint density at radius 2 is 1.68 bits per heavy atom. The molecule has 1 aromatic carbocycles. The number of benzene rings is 1. The van der Waals surface area contributed by atoms with Gasteiger partial charge in [0.05, 0.1) is 22.5 Å².